The zero-order valence-electron chi connectivity index (χ0n) is 10.7. The normalized spacial score (nSPS) is 10.2. The Hall–Kier alpha value is -2.09. The molecule has 0 unspecified atom stereocenters. The molecular formula is C11H14N6OS. The third-order valence-corrected chi connectivity index (χ3v) is 3.20. The van der Waals surface area contributed by atoms with Crippen molar-refractivity contribution in [1.29, 1.82) is 0 Å². The van der Waals surface area contributed by atoms with Gasteiger partial charge in [-0.2, -0.15) is 5.10 Å². The molecule has 0 atom stereocenters. The van der Waals surface area contributed by atoms with Crippen LogP contribution in [0.15, 0.2) is 12.1 Å². The number of amides is 1. The summed E-state index contributed by atoms with van der Waals surface area (Å²) in [6.07, 6.45) is 0. The van der Waals surface area contributed by atoms with E-state index in [-0.39, 0.29) is 5.91 Å². The molecule has 0 bridgehead atoms. The van der Waals surface area contributed by atoms with Gasteiger partial charge in [-0.3, -0.25) is 4.79 Å². The van der Waals surface area contributed by atoms with Gasteiger partial charge in [0.1, 0.15) is 10.7 Å². The maximum Gasteiger partial charge on any atom is 0.265 e. The van der Waals surface area contributed by atoms with Crippen LogP contribution in [0.2, 0.25) is 0 Å². The van der Waals surface area contributed by atoms with Gasteiger partial charge < -0.3 is 10.6 Å². The van der Waals surface area contributed by atoms with E-state index in [0.717, 1.165) is 17.2 Å². The Labute approximate surface area is 114 Å². The van der Waals surface area contributed by atoms with Crippen LogP contribution < -0.4 is 10.6 Å². The minimum atomic E-state index is -0.149. The van der Waals surface area contributed by atoms with Crippen LogP contribution in [0.3, 0.4) is 0 Å². The molecule has 2 aromatic heterocycles. The molecule has 2 N–H and O–H groups in total. The van der Waals surface area contributed by atoms with Gasteiger partial charge in [0.15, 0.2) is 0 Å². The van der Waals surface area contributed by atoms with E-state index in [1.807, 2.05) is 19.1 Å². The molecule has 0 fully saturated rings. The fraction of sp³-hybridized carbons (Fsp3) is 0.364. The third kappa shape index (κ3) is 3.68. The summed E-state index contributed by atoms with van der Waals surface area (Å²) in [5.41, 5.74) is 1.52. The summed E-state index contributed by atoms with van der Waals surface area (Å²) < 4.78 is 3.72. The lowest BCUT2D eigenvalue weighted by molar-refractivity contribution is 0.0958. The first-order valence-corrected chi connectivity index (χ1v) is 6.55. The van der Waals surface area contributed by atoms with Crippen molar-refractivity contribution in [2.75, 3.05) is 18.4 Å². The van der Waals surface area contributed by atoms with Crippen LogP contribution in [0.5, 0.6) is 0 Å². The summed E-state index contributed by atoms with van der Waals surface area (Å²) >= 11 is 1.10. The largest absolute Gasteiger partial charge is 0.367 e. The molecule has 0 radical (unpaired) electrons. The van der Waals surface area contributed by atoms with Gasteiger partial charge in [-0.1, -0.05) is 4.49 Å². The van der Waals surface area contributed by atoms with Crippen LogP contribution in [0.1, 0.15) is 21.1 Å². The van der Waals surface area contributed by atoms with Crippen molar-refractivity contribution in [2.45, 2.75) is 13.8 Å². The molecule has 0 spiro atoms. The van der Waals surface area contributed by atoms with Crippen LogP contribution >= 0.6 is 11.5 Å². The second-order valence-corrected chi connectivity index (χ2v) is 4.68. The Kier molecular flexibility index (Phi) is 4.35. The van der Waals surface area contributed by atoms with Gasteiger partial charge >= 0.3 is 0 Å². The predicted octanol–water partition coefficient (Wildman–Crippen LogP) is 0.787. The maximum absolute atomic E-state index is 11.7. The fourth-order valence-corrected chi connectivity index (χ4v) is 1.95. The molecule has 0 aliphatic rings. The fourth-order valence-electron chi connectivity index (χ4n) is 1.38. The SMILES string of the molecule is Cc1ccc(NCCNC(=O)c2snnc2C)nn1. The smallest absolute Gasteiger partial charge is 0.265 e. The number of anilines is 1. The van der Waals surface area contributed by atoms with E-state index in [0.29, 0.717) is 29.5 Å². The van der Waals surface area contributed by atoms with Gasteiger partial charge in [-0.15, -0.1) is 10.2 Å². The highest BCUT2D eigenvalue weighted by molar-refractivity contribution is 7.07. The topological polar surface area (TPSA) is 92.7 Å². The van der Waals surface area contributed by atoms with Crippen LogP contribution in [-0.2, 0) is 0 Å². The Morgan fingerprint density at radius 2 is 2.05 bits per heavy atom. The molecule has 0 aliphatic heterocycles. The van der Waals surface area contributed by atoms with E-state index < -0.39 is 0 Å². The highest BCUT2D eigenvalue weighted by Crippen LogP contribution is 2.08. The second kappa shape index (κ2) is 6.19. The lowest BCUT2D eigenvalue weighted by Gasteiger charge is -2.06. The number of carbonyl (C=O) groups excluding carboxylic acids is 1. The highest BCUT2D eigenvalue weighted by Gasteiger charge is 2.11. The molecule has 0 saturated carbocycles. The Balaban J connectivity index is 1.74. The summed E-state index contributed by atoms with van der Waals surface area (Å²) in [5.74, 6) is 0.541. The van der Waals surface area contributed by atoms with Crippen molar-refractivity contribution >= 4 is 23.3 Å². The lowest BCUT2D eigenvalue weighted by atomic mass is 10.4. The standard InChI is InChI=1S/C11H14N6OS/c1-7-3-4-9(16-14-7)12-5-6-13-11(18)10-8(2)15-17-19-10/h3-4H,5-6H2,1-2H3,(H,12,16)(H,13,18). The number of aromatic nitrogens is 4. The van der Waals surface area contributed by atoms with E-state index >= 15 is 0 Å². The molecule has 2 aromatic rings. The summed E-state index contributed by atoms with van der Waals surface area (Å²) in [6.45, 7) is 4.71. The quantitative estimate of drug-likeness (QED) is 0.785. The molecule has 100 valence electrons. The summed E-state index contributed by atoms with van der Waals surface area (Å²) in [6, 6.07) is 3.72. The average Bonchev–Trinajstić information content (AvgIpc) is 2.83. The van der Waals surface area contributed by atoms with E-state index in [2.05, 4.69) is 30.4 Å². The highest BCUT2D eigenvalue weighted by atomic mass is 32.1. The second-order valence-electron chi connectivity index (χ2n) is 3.93. The van der Waals surface area contributed by atoms with Crippen molar-refractivity contribution in [3.8, 4) is 0 Å². The molecule has 1 amide bonds. The zero-order valence-corrected chi connectivity index (χ0v) is 11.5. The van der Waals surface area contributed by atoms with Crippen molar-refractivity contribution < 1.29 is 4.79 Å². The van der Waals surface area contributed by atoms with E-state index in [1.165, 1.54) is 0 Å². The number of nitrogens with one attached hydrogen (secondary N) is 2. The number of aryl methyl sites for hydroxylation is 2. The van der Waals surface area contributed by atoms with Crippen molar-refractivity contribution in [2.24, 2.45) is 0 Å². The maximum atomic E-state index is 11.7. The van der Waals surface area contributed by atoms with Crippen molar-refractivity contribution in [3.63, 3.8) is 0 Å². The number of hydrogen-bond acceptors (Lipinski definition) is 7. The van der Waals surface area contributed by atoms with Gasteiger partial charge in [0.25, 0.3) is 5.91 Å². The summed E-state index contributed by atoms with van der Waals surface area (Å²) in [5, 5.41) is 17.6. The molecule has 0 saturated heterocycles. The van der Waals surface area contributed by atoms with Crippen LogP contribution in [0.4, 0.5) is 5.82 Å². The van der Waals surface area contributed by atoms with E-state index in [9.17, 15) is 4.79 Å². The zero-order chi connectivity index (χ0) is 13.7. The monoisotopic (exact) mass is 278 g/mol. The van der Waals surface area contributed by atoms with Gasteiger partial charge in [0, 0.05) is 13.1 Å². The Morgan fingerprint density at radius 1 is 1.21 bits per heavy atom. The number of rotatable bonds is 5. The van der Waals surface area contributed by atoms with Gasteiger partial charge in [0.2, 0.25) is 0 Å². The Bertz CT molecular complexity index is 553. The molecule has 8 heteroatoms. The lowest BCUT2D eigenvalue weighted by Crippen LogP contribution is -2.28. The van der Waals surface area contributed by atoms with Crippen LogP contribution in [0.25, 0.3) is 0 Å². The van der Waals surface area contributed by atoms with Gasteiger partial charge in [0.05, 0.1) is 11.4 Å². The first-order chi connectivity index (χ1) is 9.16. The molecule has 0 aromatic carbocycles. The number of nitrogens with zero attached hydrogens (tertiary/aromatic N) is 4. The number of carbonyl (C=O) groups is 1. The van der Waals surface area contributed by atoms with Crippen LogP contribution in [-0.4, -0.2) is 38.8 Å². The van der Waals surface area contributed by atoms with Crippen molar-refractivity contribution in [3.05, 3.63) is 28.4 Å². The summed E-state index contributed by atoms with van der Waals surface area (Å²) in [7, 11) is 0. The molecular weight excluding hydrogens is 264 g/mol. The molecule has 7 nitrogen and oxygen atoms in total. The molecule has 2 heterocycles. The Morgan fingerprint density at radius 3 is 2.68 bits per heavy atom. The van der Waals surface area contributed by atoms with Crippen LogP contribution in [0, 0.1) is 13.8 Å². The third-order valence-electron chi connectivity index (χ3n) is 2.37. The average molecular weight is 278 g/mol. The first kappa shape index (κ1) is 13.3. The van der Waals surface area contributed by atoms with Crippen molar-refractivity contribution in [1.82, 2.24) is 25.1 Å². The first-order valence-electron chi connectivity index (χ1n) is 5.78. The van der Waals surface area contributed by atoms with Gasteiger partial charge in [-0.25, -0.2) is 0 Å². The minimum Gasteiger partial charge on any atom is -0.367 e. The molecule has 19 heavy (non-hydrogen) atoms. The number of hydrogen-bond donors (Lipinski definition) is 2. The molecule has 2 rings (SSSR count). The van der Waals surface area contributed by atoms with E-state index in [1.54, 1.807) is 6.92 Å². The van der Waals surface area contributed by atoms with E-state index in [4.69, 9.17) is 0 Å². The predicted molar refractivity (Wildman–Crippen MR) is 72.2 cm³/mol. The molecule has 0 aliphatic carbocycles. The van der Waals surface area contributed by atoms with Gasteiger partial charge in [-0.05, 0) is 37.5 Å². The minimum absolute atomic E-state index is 0.149. The summed E-state index contributed by atoms with van der Waals surface area (Å²) in [4.78, 5) is 12.3.